The summed E-state index contributed by atoms with van der Waals surface area (Å²) in [7, 11) is 3.45. The third-order valence-corrected chi connectivity index (χ3v) is 4.51. The maximum absolute atomic E-state index is 5.54. The number of ether oxygens (including phenoxy) is 2. The number of unbranched alkanes of at least 4 members (excludes halogenated alkanes) is 6. The Bertz CT molecular complexity index is 406. The van der Waals surface area contributed by atoms with Gasteiger partial charge < -0.3 is 9.47 Å². The molecule has 0 N–H and O–H groups in total. The lowest BCUT2D eigenvalue weighted by Crippen LogP contribution is -2.23. The van der Waals surface area contributed by atoms with Crippen molar-refractivity contribution in [3.8, 4) is 0 Å². The standard InChI is InChI=1S/C21H34O2/c1-5-7-8-9-10-11-12-13-20(21(22-3)23-4)19-16-14-18(6-2)15-17-19/h6,14-17,20-21H,2,5,7-13H2,1,3-4H3. The number of hydrogen-bond donors (Lipinski definition) is 0. The molecule has 0 radical (unpaired) electrons. The van der Waals surface area contributed by atoms with Crippen molar-refractivity contribution in [2.45, 2.75) is 70.5 Å². The molecule has 23 heavy (non-hydrogen) atoms. The van der Waals surface area contributed by atoms with Crippen LogP contribution < -0.4 is 0 Å². The molecule has 1 atom stereocenters. The molecule has 2 heteroatoms. The molecule has 0 saturated heterocycles. The van der Waals surface area contributed by atoms with Gasteiger partial charge in [-0.25, -0.2) is 0 Å². The lowest BCUT2D eigenvalue weighted by atomic mass is 9.91. The minimum absolute atomic E-state index is 0.176. The molecule has 0 aromatic heterocycles. The van der Waals surface area contributed by atoms with E-state index in [0.29, 0.717) is 5.92 Å². The van der Waals surface area contributed by atoms with Gasteiger partial charge in [0.15, 0.2) is 6.29 Å². The maximum Gasteiger partial charge on any atom is 0.163 e. The van der Waals surface area contributed by atoms with E-state index in [2.05, 4.69) is 37.8 Å². The monoisotopic (exact) mass is 318 g/mol. The molecule has 0 spiro atoms. The van der Waals surface area contributed by atoms with Gasteiger partial charge in [0.1, 0.15) is 0 Å². The highest BCUT2D eigenvalue weighted by molar-refractivity contribution is 5.47. The third kappa shape index (κ3) is 7.32. The fraction of sp³-hybridized carbons (Fsp3) is 0.619. The average molecular weight is 319 g/mol. The Balaban J connectivity index is 2.53. The van der Waals surface area contributed by atoms with E-state index in [9.17, 15) is 0 Å². The molecule has 1 aromatic carbocycles. The van der Waals surface area contributed by atoms with E-state index in [1.165, 1.54) is 50.5 Å². The largest absolute Gasteiger partial charge is 0.355 e. The summed E-state index contributed by atoms with van der Waals surface area (Å²) in [5.74, 6) is 0.291. The van der Waals surface area contributed by atoms with Gasteiger partial charge in [-0.2, -0.15) is 0 Å². The van der Waals surface area contributed by atoms with Crippen molar-refractivity contribution in [1.82, 2.24) is 0 Å². The van der Waals surface area contributed by atoms with Crippen molar-refractivity contribution in [3.05, 3.63) is 42.0 Å². The van der Waals surface area contributed by atoms with Crippen LogP contribution in [0, 0.1) is 0 Å². The van der Waals surface area contributed by atoms with Crippen LogP contribution in [0.5, 0.6) is 0 Å². The molecule has 2 nitrogen and oxygen atoms in total. The predicted molar refractivity (Wildman–Crippen MR) is 99.7 cm³/mol. The van der Waals surface area contributed by atoms with Gasteiger partial charge in [0.25, 0.3) is 0 Å². The Hall–Kier alpha value is -1.12. The highest BCUT2D eigenvalue weighted by Crippen LogP contribution is 2.29. The van der Waals surface area contributed by atoms with Gasteiger partial charge in [-0.1, -0.05) is 88.8 Å². The summed E-state index contributed by atoms with van der Waals surface area (Å²) in [6, 6.07) is 8.58. The summed E-state index contributed by atoms with van der Waals surface area (Å²) in [6.07, 6.45) is 12.1. The quantitative estimate of drug-likeness (QED) is 0.320. The minimum Gasteiger partial charge on any atom is -0.355 e. The van der Waals surface area contributed by atoms with Crippen LogP contribution in [0.2, 0.25) is 0 Å². The maximum atomic E-state index is 5.54. The number of benzene rings is 1. The van der Waals surface area contributed by atoms with Crippen molar-refractivity contribution in [3.63, 3.8) is 0 Å². The second-order valence-corrected chi connectivity index (χ2v) is 6.23. The van der Waals surface area contributed by atoms with Crippen LogP contribution in [0.1, 0.15) is 75.3 Å². The normalized spacial score (nSPS) is 12.5. The number of hydrogen-bond acceptors (Lipinski definition) is 2. The van der Waals surface area contributed by atoms with Gasteiger partial charge in [0.2, 0.25) is 0 Å². The molecule has 0 fully saturated rings. The zero-order chi connectivity index (χ0) is 16.9. The lowest BCUT2D eigenvalue weighted by Gasteiger charge is -2.25. The highest BCUT2D eigenvalue weighted by atomic mass is 16.7. The molecule has 1 aromatic rings. The number of rotatable bonds is 13. The van der Waals surface area contributed by atoms with Gasteiger partial charge >= 0.3 is 0 Å². The summed E-state index contributed by atoms with van der Waals surface area (Å²) in [5.41, 5.74) is 2.44. The Morgan fingerprint density at radius 1 is 0.913 bits per heavy atom. The van der Waals surface area contributed by atoms with Crippen molar-refractivity contribution >= 4 is 6.08 Å². The Labute approximate surface area is 142 Å². The topological polar surface area (TPSA) is 18.5 Å². The van der Waals surface area contributed by atoms with Gasteiger partial charge in [-0.05, 0) is 17.5 Å². The summed E-state index contributed by atoms with van der Waals surface area (Å²) >= 11 is 0. The van der Waals surface area contributed by atoms with E-state index in [1.54, 1.807) is 14.2 Å². The van der Waals surface area contributed by atoms with Crippen LogP contribution in [0.15, 0.2) is 30.8 Å². The minimum atomic E-state index is -0.176. The average Bonchev–Trinajstić information content (AvgIpc) is 2.60. The summed E-state index contributed by atoms with van der Waals surface area (Å²) in [5, 5.41) is 0. The molecule has 1 rings (SSSR count). The second-order valence-electron chi connectivity index (χ2n) is 6.23. The van der Waals surface area contributed by atoms with Crippen molar-refractivity contribution in [2.24, 2.45) is 0 Å². The molecule has 0 aliphatic rings. The smallest absolute Gasteiger partial charge is 0.163 e. The molecule has 0 amide bonds. The van der Waals surface area contributed by atoms with Gasteiger partial charge in [-0.3, -0.25) is 0 Å². The third-order valence-electron chi connectivity index (χ3n) is 4.51. The van der Waals surface area contributed by atoms with E-state index in [1.807, 2.05) is 6.08 Å². The van der Waals surface area contributed by atoms with Crippen molar-refractivity contribution < 1.29 is 9.47 Å². The van der Waals surface area contributed by atoms with E-state index in [0.717, 1.165) is 12.0 Å². The van der Waals surface area contributed by atoms with Crippen LogP contribution in [-0.2, 0) is 9.47 Å². The first kappa shape index (κ1) is 19.9. The first-order valence-corrected chi connectivity index (χ1v) is 9.04. The first-order chi connectivity index (χ1) is 11.3. The molecular formula is C21H34O2. The van der Waals surface area contributed by atoms with Crippen molar-refractivity contribution in [1.29, 1.82) is 0 Å². The van der Waals surface area contributed by atoms with E-state index in [4.69, 9.17) is 9.47 Å². The molecule has 0 bridgehead atoms. The number of methoxy groups -OCH3 is 2. The van der Waals surface area contributed by atoms with Crippen LogP contribution in [0.25, 0.3) is 6.08 Å². The molecule has 130 valence electrons. The first-order valence-electron chi connectivity index (χ1n) is 9.04. The zero-order valence-corrected chi connectivity index (χ0v) is 15.2. The van der Waals surface area contributed by atoms with Crippen LogP contribution >= 0.6 is 0 Å². The fourth-order valence-corrected chi connectivity index (χ4v) is 3.09. The molecule has 0 heterocycles. The SMILES string of the molecule is C=Cc1ccc(C(CCCCCCCCC)C(OC)OC)cc1. The van der Waals surface area contributed by atoms with Gasteiger partial charge in [-0.15, -0.1) is 0 Å². The van der Waals surface area contributed by atoms with E-state index >= 15 is 0 Å². The Kier molecular flexibility index (Phi) is 10.7. The van der Waals surface area contributed by atoms with E-state index in [-0.39, 0.29) is 6.29 Å². The molecule has 0 aliphatic heterocycles. The van der Waals surface area contributed by atoms with Crippen molar-refractivity contribution in [2.75, 3.05) is 14.2 Å². The van der Waals surface area contributed by atoms with Crippen LogP contribution in [0.4, 0.5) is 0 Å². The lowest BCUT2D eigenvalue weighted by molar-refractivity contribution is -0.119. The second kappa shape index (κ2) is 12.3. The van der Waals surface area contributed by atoms with Gasteiger partial charge in [0, 0.05) is 20.1 Å². The van der Waals surface area contributed by atoms with Gasteiger partial charge in [0.05, 0.1) is 0 Å². The highest BCUT2D eigenvalue weighted by Gasteiger charge is 2.22. The van der Waals surface area contributed by atoms with E-state index < -0.39 is 0 Å². The molecule has 0 saturated carbocycles. The molecule has 1 unspecified atom stereocenters. The molecule has 0 aliphatic carbocycles. The summed E-state index contributed by atoms with van der Waals surface area (Å²) in [6.45, 7) is 6.08. The zero-order valence-electron chi connectivity index (χ0n) is 15.2. The predicted octanol–water partition coefficient (Wildman–Crippen LogP) is 6.17. The Morgan fingerprint density at radius 2 is 1.48 bits per heavy atom. The molecular weight excluding hydrogens is 284 g/mol. The summed E-state index contributed by atoms with van der Waals surface area (Å²) < 4.78 is 11.1. The van der Waals surface area contributed by atoms with Crippen LogP contribution in [0.3, 0.4) is 0 Å². The summed E-state index contributed by atoms with van der Waals surface area (Å²) in [4.78, 5) is 0. The Morgan fingerprint density at radius 3 is 2.00 bits per heavy atom. The fourth-order valence-electron chi connectivity index (χ4n) is 3.09. The van der Waals surface area contributed by atoms with Crippen LogP contribution in [-0.4, -0.2) is 20.5 Å².